The van der Waals surface area contributed by atoms with Gasteiger partial charge in [-0.2, -0.15) is 5.26 Å². The molecule has 2 aromatic carbocycles. The minimum absolute atomic E-state index is 0.468. The largest absolute Gasteiger partial charge is 0.437 e. The highest BCUT2D eigenvalue weighted by atomic mass is 16.5. The van der Waals surface area contributed by atoms with E-state index in [1.54, 1.807) is 18.2 Å². The molecule has 0 saturated heterocycles. The van der Waals surface area contributed by atoms with E-state index in [9.17, 15) is 0 Å². The number of aryl methyl sites for hydroxylation is 1. The second-order valence-corrected chi connectivity index (χ2v) is 4.36. The van der Waals surface area contributed by atoms with Crippen LogP contribution in [0.3, 0.4) is 0 Å². The van der Waals surface area contributed by atoms with Gasteiger partial charge in [0.25, 0.3) is 0 Å². The first-order chi connectivity index (χ1) is 9.79. The smallest absolute Gasteiger partial charge is 0.230 e. The average molecular weight is 261 g/mol. The molecule has 0 spiro atoms. The number of para-hydroxylation sites is 1. The van der Waals surface area contributed by atoms with Gasteiger partial charge in [-0.1, -0.05) is 24.3 Å². The number of fused-ring (bicyclic) bond motifs is 1. The summed E-state index contributed by atoms with van der Waals surface area (Å²) in [6, 6.07) is 15.0. The summed E-state index contributed by atoms with van der Waals surface area (Å²) < 4.78 is 5.82. The SMILES string of the molecule is Cc1cccc2ncnc(Oc3ccccc3C#N)c12. The maximum Gasteiger partial charge on any atom is 0.230 e. The van der Waals surface area contributed by atoms with E-state index in [2.05, 4.69) is 16.0 Å². The van der Waals surface area contributed by atoms with Gasteiger partial charge in [-0.05, 0) is 30.7 Å². The lowest BCUT2D eigenvalue weighted by atomic mass is 10.1. The molecule has 0 aliphatic heterocycles. The second-order valence-electron chi connectivity index (χ2n) is 4.36. The summed E-state index contributed by atoms with van der Waals surface area (Å²) in [6.45, 7) is 1.98. The summed E-state index contributed by atoms with van der Waals surface area (Å²) >= 11 is 0. The van der Waals surface area contributed by atoms with Gasteiger partial charge in [-0.15, -0.1) is 0 Å². The van der Waals surface area contributed by atoms with Crippen molar-refractivity contribution in [3.8, 4) is 17.7 Å². The normalized spacial score (nSPS) is 10.2. The van der Waals surface area contributed by atoms with Gasteiger partial charge in [0.1, 0.15) is 18.1 Å². The molecule has 0 aliphatic carbocycles. The third-order valence-corrected chi connectivity index (χ3v) is 3.05. The Kier molecular flexibility index (Phi) is 3.02. The zero-order chi connectivity index (χ0) is 13.9. The lowest BCUT2D eigenvalue weighted by molar-refractivity contribution is 0.466. The lowest BCUT2D eigenvalue weighted by Crippen LogP contribution is -1.94. The fraction of sp³-hybridized carbons (Fsp3) is 0.0625. The molecule has 0 amide bonds. The molecule has 20 heavy (non-hydrogen) atoms. The molecule has 0 bridgehead atoms. The van der Waals surface area contributed by atoms with E-state index >= 15 is 0 Å². The van der Waals surface area contributed by atoms with Crippen LogP contribution >= 0.6 is 0 Å². The molecule has 0 aliphatic rings. The van der Waals surface area contributed by atoms with Crippen molar-refractivity contribution in [2.75, 3.05) is 0 Å². The van der Waals surface area contributed by atoms with Crippen LogP contribution in [0.4, 0.5) is 0 Å². The van der Waals surface area contributed by atoms with E-state index in [-0.39, 0.29) is 0 Å². The minimum atomic E-state index is 0.468. The minimum Gasteiger partial charge on any atom is -0.437 e. The van der Waals surface area contributed by atoms with Gasteiger partial charge in [0.2, 0.25) is 5.88 Å². The van der Waals surface area contributed by atoms with E-state index in [1.165, 1.54) is 6.33 Å². The van der Waals surface area contributed by atoms with E-state index < -0.39 is 0 Å². The summed E-state index contributed by atoms with van der Waals surface area (Å²) in [4.78, 5) is 8.43. The zero-order valence-corrected chi connectivity index (χ0v) is 10.9. The van der Waals surface area contributed by atoms with Crippen LogP contribution in [-0.4, -0.2) is 9.97 Å². The van der Waals surface area contributed by atoms with E-state index in [1.807, 2.05) is 31.2 Å². The molecule has 1 aromatic heterocycles. The van der Waals surface area contributed by atoms with Crippen LogP contribution in [0.15, 0.2) is 48.8 Å². The fourth-order valence-corrected chi connectivity index (χ4v) is 2.08. The standard InChI is InChI=1S/C16H11N3O/c1-11-5-4-7-13-15(11)16(19-10-18-13)20-14-8-3-2-6-12(14)9-17/h2-8,10H,1H3. The molecule has 0 N–H and O–H groups in total. The number of ether oxygens (including phenoxy) is 1. The van der Waals surface area contributed by atoms with Crippen LogP contribution in [0.2, 0.25) is 0 Å². The number of hydrogen-bond donors (Lipinski definition) is 0. The highest BCUT2D eigenvalue weighted by Gasteiger charge is 2.10. The molecule has 4 nitrogen and oxygen atoms in total. The van der Waals surface area contributed by atoms with Crippen molar-refractivity contribution < 1.29 is 4.74 Å². The summed E-state index contributed by atoms with van der Waals surface area (Å²) in [5.41, 5.74) is 2.34. The number of nitriles is 1. The van der Waals surface area contributed by atoms with Crippen LogP contribution in [-0.2, 0) is 0 Å². The van der Waals surface area contributed by atoms with Gasteiger partial charge < -0.3 is 4.74 Å². The van der Waals surface area contributed by atoms with Gasteiger partial charge in [0.05, 0.1) is 16.5 Å². The third kappa shape index (κ3) is 2.06. The molecular weight excluding hydrogens is 250 g/mol. The van der Waals surface area contributed by atoms with E-state index in [0.29, 0.717) is 17.2 Å². The van der Waals surface area contributed by atoms with E-state index in [4.69, 9.17) is 10.00 Å². The molecule has 4 heteroatoms. The first kappa shape index (κ1) is 12.1. The topological polar surface area (TPSA) is 58.8 Å². The first-order valence-electron chi connectivity index (χ1n) is 6.17. The van der Waals surface area contributed by atoms with Crippen molar-refractivity contribution in [1.82, 2.24) is 9.97 Å². The maximum absolute atomic E-state index is 9.10. The van der Waals surface area contributed by atoms with Crippen molar-refractivity contribution >= 4 is 10.9 Å². The van der Waals surface area contributed by atoms with Crippen molar-refractivity contribution in [3.63, 3.8) is 0 Å². The predicted octanol–water partition coefficient (Wildman–Crippen LogP) is 3.60. The first-order valence-corrected chi connectivity index (χ1v) is 6.17. The molecular formula is C16H11N3O. The van der Waals surface area contributed by atoms with Gasteiger partial charge in [-0.25, -0.2) is 9.97 Å². The van der Waals surface area contributed by atoms with E-state index in [0.717, 1.165) is 16.5 Å². The van der Waals surface area contributed by atoms with Crippen molar-refractivity contribution in [3.05, 3.63) is 59.9 Å². The number of rotatable bonds is 2. The second kappa shape index (κ2) is 4.98. The zero-order valence-electron chi connectivity index (χ0n) is 10.9. The predicted molar refractivity (Wildman–Crippen MR) is 75.5 cm³/mol. The van der Waals surface area contributed by atoms with Gasteiger partial charge in [-0.3, -0.25) is 0 Å². The summed E-state index contributed by atoms with van der Waals surface area (Å²) in [5.74, 6) is 0.967. The van der Waals surface area contributed by atoms with Gasteiger partial charge >= 0.3 is 0 Å². The Labute approximate surface area is 116 Å². The Morgan fingerprint density at radius 2 is 1.90 bits per heavy atom. The molecule has 0 atom stereocenters. The molecule has 1 heterocycles. The quantitative estimate of drug-likeness (QED) is 0.707. The number of benzene rings is 2. The van der Waals surface area contributed by atoms with Crippen LogP contribution in [0.5, 0.6) is 11.6 Å². The molecule has 96 valence electrons. The molecule has 0 fully saturated rings. The number of aromatic nitrogens is 2. The maximum atomic E-state index is 9.10. The summed E-state index contributed by atoms with van der Waals surface area (Å²) in [7, 11) is 0. The lowest BCUT2D eigenvalue weighted by Gasteiger charge is -2.09. The molecule has 3 aromatic rings. The molecule has 0 radical (unpaired) electrons. The van der Waals surface area contributed by atoms with Gasteiger partial charge in [0.15, 0.2) is 0 Å². The number of hydrogen-bond acceptors (Lipinski definition) is 4. The summed E-state index contributed by atoms with van der Waals surface area (Å²) in [6.07, 6.45) is 1.46. The van der Waals surface area contributed by atoms with Crippen LogP contribution in [0, 0.1) is 18.3 Å². The Hall–Kier alpha value is -2.93. The molecule has 3 rings (SSSR count). The molecule has 0 unspecified atom stereocenters. The van der Waals surface area contributed by atoms with Crippen LogP contribution in [0.1, 0.15) is 11.1 Å². The highest BCUT2D eigenvalue weighted by Crippen LogP contribution is 2.30. The fourth-order valence-electron chi connectivity index (χ4n) is 2.08. The Morgan fingerprint density at radius 3 is 2.75 bits per heavy atom. The Balaban J connectivity index is 2.14. The monoisotopic (exact) mass is 261 g/mol. The average Bonchev–Trinajstić information content (AvgIpc) is 2.48. The molecule has 0 saturated carbocycles. The van der Waals surface area contributed by atoms with Gasteiger partial charge in [0, 0.05) is 0 Å². The third-order valence-electron chi connectivity index (χ3n) is 3.05. The van der Waals surface area contributed by atoms with Crippen molar-refractivity contribution in [2.45, 2.75) is 6.92 Å². The highest BCUT2D eigenvalue weighted by molar-refractivity contribution is 5.86. The van der Waals surface area contributed by atoms with Crippen LogP contribution < -0.4 is 4.74 Å². The summed E-state index contributed by atoms with van der Waals surface area (Å²) in [5, 5.41) is 9.97. The Bertz CT molecular complexity index is 816. The Morgan fingerprint density at radius 1 is 1.05 bits per heavy atom. The van der Waals surface area contributed by atoms with Crippen molar-refractivity contribution in [2.24, 2.45) is 0 Å². The number of nitrogens with zero attached hydrogens (tertiary/aromatic N) is 3. The van der Waals surface area contributed by atoms with Crippen molar-refractivity contribution in [1.29, 1.82) is 5.26 Å². The van der Waals surface area contributed by atoms with Crippen LogP contribution in [0.25, 0.3) is 10.9 Å².